The van der Waals surface area contributed by atoms with Crippen molar-refractivity contribution in [2.45, 2.75) is 40.2 Å². The maximum atomic E-state index is 13.7. The average Bonchev–Trinajstić information content (AvgIpc) is 3.58. The number of aryl methyl sites for hydroxylation is 1. The number of aromatic nitrogens is 3. The van der Waals surface area contributed by atoms with E-state index in [1.54, 1.807) is 6.20 Å². The first-order valence-corrected chi connectivity index (χ1v) is 12.7. The van der Waals surface area contributed by atoms with E-state index in [0.717, 1.165) is 45.8 Å². The molecule has 0 saturated heterocycles. The van der Waals surface area contributed by atoms with Crippen molar-refractivity contribution in [3.63, 3.8) is 0 Å². The Balaban J connectivity index is 1.44. The molecule has 4 aromatic rings. The molecule has 8 heteroatoms. The van der Waals surface area contributed by atoms with Crippen molar-refractivity contribution >= 4 is 28.4 Å². The lowest BCUT2D eigenvalue weighted by molar-refractivity contribution is -0.113. The number of rotatable bonds is 6. The highest BCUT2D eigenvalue weighted by atomic mass is 16.5. The molecule has 1 aliphatic rings. The molecule has 1 atom stereocenters. The Kier molecular flexibility index (Phi) is 6.44. The van der Waals surface area contributed by atoms with E-state index in [4.69, 9.17) is 10.3 Å². The fourth-order valence-electron chi connectivity index (χ4n) is 4.79. The molecule has 0 bridgehead atoms. The molecule has 3 N–H and O–H groups in total. The first-order valence-electron chi connectivity index (χ1n) is 12.7. The minimum absolute atomic E-state index is 0.104. The first kappa shape index (κ1) is 25.5. The van der Waals surface area contributed by atoms with Gasteiger partial charge in [0.05, 0.1) is 11.9 Å². The minimum atomic E-state index is -0.206. The van der Waals surface area contributed by atoms with Crippen LogP contribution in [-0.2, 0) is 11.3 Å². The van der Waals surface area contributed by atoms with Crippen molar-refractivity contribution in [2.75, 3.05) is 25.1 Å². The van der Waals surface area contributed by atoms with Gasteiger partial charge < -0.3 is 25.0 Å². The molecule has 1 amide bonds. The minimum Gasteiger partial charge on any atom is -0.380 e. The summed E-state index contributed by atoms with van der Waals surface area (Å²) in [7, 11) is 4.04. The molecule has 0 aliphatic heterocycles. The summed E-state index contributed by atoms with van der Waals surface area (Å²) in [5.74, 6) is 0.964. The monoisotopic (exact) mass is 510 g/mol. The van der Waals surface area contributed by atoms with Crippen LogP contribution in [0.1, 0.15) is 43.6 Å². The third kappa shape index (κ3) is 4.87. The zero-order valence-electron chi connectivity index (χ0n) is 22.7. The van der Waals surface area contributed by atoms with E-state index in [-0.39, 0.29) is 17.2 Å². The van der Waals surface area contributed by atoms with Gasteiger partial charge in [-0.3, -0.25) is 4.79 Å². The maximum Gasteiger partial charge on any atom is 0.252 e. The Morgan fingerprint density at radius 1 is 1.18 bits per heavy atom. The van der Waals surface area contributed by atoms with Crippen molar-refractivity contribution in [2.24, 2.45) is 5.41 Å². The molecule has 38 heavy (non-hydrogen) atoms. The molecule has 1 aliphatic carbocycles. The van der Waals surface area contributed by atoms with Crippen molar-refractivity contribution in [1.29, 1.82) is 0 Å². The molecule has 2 aromatic carbocycles. The van der Waals surface area contributed by atoms with E-state index in [2.05, 4.69) is 57.8 Å². The van der Waals surface area contributed by atoms with Crippen LogP contribution in [0.4, 0.5) is 11.5 Å². The number of anilines is 2. The van der Waals surface area contributed by atoms with Gasteiger partial charge in [0.2, 0.25) is 0 Å². The van der Waals surface area contributed by atoms with Gasteiger partial charge in [0, 0.05) is 35.3 Å². The highest BCUT2D eigenvalue weighted by molar-refractivity contribution is 6.06. The normalized spacial score (nSPS) is 15.7. The predicted molar refractivity (Wildman–Crippen MR) is 151 cm³/mol. The number of nitrogens with zero attached hydrogens (tertiary/aromatic N) is 4. The smallest absolute Gasteiger partial charge is 0.252 e. The summed E-state index contributed by atoms with van der Waals surface area (Å²) in [5, 5.41) is 7.77. The quantitative estimate of drug-likeness (QED) is 0.350. The van der Waals surface area contributed by atoms with Gasteiger partial charge in [-0.15, -0.1) is 0 Å². The van der Waals surface area contributed by atoms with Crippen LogP contribution in [0.25, 0.3) is 16.7 Å². The summed E-state index contributed by atoms with van der Waals surface area (Å²) < 4.78 is 7.35. The van der Waals surface area contributed by atoms with E-state index in [0.29, 0.717) is 17.0 Å². The van der Waals surface area contributed by atoms with Gasteiger partial charge >= 0.3 is 0 Å². The standard InChI is InChI=1S/C30H34N6O2/c1-18-13-21(36-12-11-32-27(36)17-35(5)6)8-9-25(18)33-29(37)23-16-20(30(2,3)4)15-22(23)19-7-10-26-24(14-19)28(31)34-38-26/h7-16,22H,17H2,1-6H3,(H2,31,34)(H,33,37). The number of nitrogens with two attached hydrogens (primary N) is 1. The Hall–Kier alpha value is -4.17. The second kappa shape index (κ2) is 9.61. The van der Waals surface area contributed by atoms with Gasteiger partial charge in [0.25, 0.3) is 5.91 Å². The summed E-state index contributed by atoms with van der Waals surface area (Å²) in [6.07, 6.45) is 7.95. The molecule has 1 unspecified atom stereocenters. The third-order valence-corrected chi connectivity index (χ3v) is 6.91. The lowest BCUT2D eigenvalue weighted by Gasteiger charge is -2.18. The average molecular weight is 511 g/mol. The number of allylic oxidation sites excluding steroid dienone is 3. The van der Waals surface area contributed by atoms with E-state index in [1.807, 2.05) is 63.6 Å². The number of carbonyl (C=O) groups excluding carboxylic acids is 1. The van der Waals surface area contributed by atoms with Crippen LogP contribution in [0.3, 0.4) is 0 Å². The maximum absolute atomic E-state index is 13.7. The number of amides is 1. The summed E-state index contributed by atoms with van der Waals surface area (Å²) in [5.41, 5.74) is 12.1. The van der Waals surface area contributed by atoms with Crippen molar-refractivity contribution in [1.82, 2.24) is 19.6 Å². The molecule has 2 aromatic heterocycles. The molecule has 2 heterocycles. The molecule has 0 fully saturated rings. The van der Waals surface area contributed by atoms with Crippen LogP contribution in [-0.4, -0.2) is 39.6 Å². The second-order valence-corrected chi connectivity index (χ2v) is 11.2. The lowest BCUT2D eigenvalue weighted by Crippen LogP contribution is -2.18. The Morgan fingerprint density at radius 3 is 2.68 bits per heavy atom. The van der Waals surface area contributed by atoms with Crippen LogP contribution < -0.4 is 11.1 Å². The van der Waals surface area contributed by atoms with Gasteiger partial charge in [0.1, 0.15) is 5.82 Å². The summed E-state index contributed by atoms with van der Waals surface area (Å²) in [4.78, 5) is 20.3. The van der Waals surface area contributed by atoms with Gasteiger partial charge in [-0.2, -0.15) is 0 Å². The summed E-state index contributed by atoms with van der Waals surface area (Å²) in [6, 6.07) is 11.8. The number of nitrogens with one attached hydrogen (secondary N) is 1. The van der Waals surface area contributed by atoms with Crippen LogP contribution in [0.15, 0.2) is 76.6 Å². The Labute approximate surface area is 222 Å². The molecular formula is C30H34N6O2. The number of hydrogen-bond donors (Lipinski definition) is 2. The number of benzene rings is 2. The molecule has 196 valence electrons. The molecule has 8 nitrogen and oxygen atoms in total. The predicted octanol–water partition coefficient (Wildman–Crippen LogP) is 5.60. The summed E-state index contributed by atoms with van der Waals surface area (Å²) in [6.45, 7) is 9.19. The number of imidazole rings is 1. The zero-order chi connectivity index (χ0) is 27.2. The molecule has 0 radical (unpaired) electrons. The first-order chi connectivity index (χ1) is 18.0. The summed E-state index contributed by atoms with van der Waals surface area (Å²) >= 11 is 0. The largest absolute Gasteiger partial charge is 0.380 e. The van der Waals surface area contributed by atoms with E-state index < -0.39 is 0 Å². The van der Waals surface area contributed by atoms with Crippen LogP contribution in [0.5, 0.6) is 0 Å². The van der Waals surface area contributed by atoms with Gasteiger partial charge in [-0.05, 0) is 79.5 Å². The fraction of sp³-hybridized carbons (Fsp3) is 0.300. The molecule has 0 spiro atoms. The van der Waals surface area contributed by atoms with Crippen molar-refractivity contribution in [3.05, 3.63) is 89.0 Å². The second-order valence-electron chi connectivity index (χ2n) is 11.2. The van der Waals surface area contributed by atoms with Crippen LogP contribution in [0, 0.1) is 12.3 Å². The number of fused-ring (bicyclic) bond motifs is 1. The van der Waals surface area contributed by atoms with Gasteiger partial charge in [-0.1, -0.05) is 38.1 Å². The van der Waals surface area contributed by atoms with Crippen LogP contribution >= 0.6 is 0 Å². The number of nitrogen functional groups attached to an aromatic ring is 1. The van der Waals surface area contributed by atoms with Gasteiger partial charge in [0.15, 0.2) is 11.4 Å². The highest BCUT2D eigenvalue weighted by Gasteiger charge is 2.31. The van der Waals surface area contributed by atoms with Crippen molar-refractivity contribution in [3.8, 4) is 5.69 Å². The Morgan fingerprint density at radius 2 is 1.97 bits per heavy atom. The number of carbonyl (C=O) groups is 1. The third-order valence-electron chi connectivity index (χ3n) is 6.91. The number of hydrogen-bond acceptors (Lipinski definition) is 6. The van der Waals surface area contributed by atoms with E-state index in [9.17, 15) is 4.79 Å². The molecular weight excluding hydrogens is 476 g/mol. The van der Waals surface area contributed by atoms with E-state index in [1.165, 1.54) is 0 Å². The zero-order valence-corrected chi connectivity index (χ0v) is 22.7. The van der Waals surface area contributed by atoms with E-state index >= 15 is 0 Å². The molecule has 5 rings (SSSR count). The van der Waals surface area contributed by atoms with Crippen molar-refractivity contribution < 1.29 is 9.32 Å². The van der Waals surface area contributed by atoms with Gasteiger partial charge in [-0.25, -0.2) is 4.98 Å². The SMILES string of the molecule is Cc1cc(-n2ccnc2CN(C)C)ccc1NC(=O)C1=CC(C(C)(C)C)=CC1c1ccc2onc(N)c2c1. The lowest BCUT2D eigenvalue weighted by atomic mass is 9.86. The fourth-order valence-corrected chi connectivity index (χ4v) is 4.79. The van der Waals surface area contributed by atoms with Crippen LogP contribution in [0.2, 0.25) is 0 Å². The Bertz CT molecular complexity index is 1580. The topological polar surface area (TPSA) is 102 Å². The molecule has 0 saturated carbocycles. The highest BCUT2D eigenvalue weighted by Crippen LogP contribution is 2.41.